The second-order valence-electron chi connectivity index (χ2n) is 17.4. The number of nitrogens with zero attached hydrogens (tertiary/aromatic N) is 2. The van der Waals surface area contributed by atoms with Gasteiger partial charge in [0, 0.05) is 24.3 Å². The monoisotopic (exact) mass is 797 g/mol. The number of carbonyl (C=O) groups excluding carboxylic acids is 4. The molecule has 6 rings (SSSR count). The van der Waals surface area contributed by atoms with Gasteiger partial charge in [0.05, 0.1) is 37.5 Å². The summed E-state index contributed by atoms with van der Waals surface area (Å²) in [6.45, 7) is 8.33. The Morgan fingerprint density at radius 2 is 1.86 bits per heavy atom. The minimum absolute atomic E-state index is 0.00912. The van der Waals surface area contributed by atoms with Crippen LogP contribution in [0.3, 0.4) is 0 Å². The van der Waals surface area contributed by atoms with E-state index in [0.29, 0.717) is 30.5 Å². The van der Waals surface area contributed by atoms with Gasteiger partial charge in [0.2, 0.25) is 33.6 Å². The van der Waals surface area contributed by atoms with Crippen molar-refractivity contribution >= 4 is 44.4 Å². The Bertz CT molecular complexity index is 1980. The maximum absolute atomic E-state index is 15.0. The van der Waals surface area contributed by atoms with Crippen LogP contribution in [0.5, 0.6) is 11.8 Å². The predicted octanol–water partition coefficient (Wildman–Crippen LogP) is 6.26. The van der Waals surface area contributed by atoms with Gasteiger partial charge in [-0.05, 0) is 88.5 Å². The minimum atomic E-state index is -4.34. The van der Waals surface area contributed by atoms with Crippen LogP contribution in [0, 0.1) is 29.1 Å². The highest BCUT2D eigenvalue weighted by atomic mass is 32.2. The van der Waals surface area contributed by atoms with Crippen LogP contribution >= 0.6 is 0 Å². The average molecular weight is 798 g/mol. The third kappa shape index (κ3) is 8.74. The highest BCUT2D eigenvalue weighted by Crippen LogP contribution is 2.58. The lowest BCUT2D eigenvalue weighted by Crippen LogP contribution is -2.48. The molecule has 3 fully saturated rings. The molecule has 2 saturated carbocycles. The largest absolute Gasteiger partial charge is 0.481 e. The summed E-state index contributed by atoms with van der Waals surface area (Å²) in [5.74, 6) is -2.77. The number of sulfonamides is 1. The summed E-state index contributed by atoms with van der Waals surface area (Å²) in [4.78, 5) is 63.2. The van der Waals surface area contributed by atoms with Crippen LogP contribution in [0.2, 0.25) is 0 Å². The number of alkyl halides is 1. The van der Waals surface area contributed by atoms with Gasteiger partial charge in [-0.2, -0.15) is 4.98 Å². The Labute approximate surface area is 329 Å². The Morgan fingerprint density at radius 3 is 2.52 bits per heavy atom. The number of nitrogens with one attached hydrogen (secondary N) is 1. The van der Waals surface area contributed by atoms with Gasteiger partial charge < -0.3 is 19.1 Å². The number of fused-ring (bicyclic) bond motifs is 3. The van der Waals surface area contributed by atoms with Crippen molar-refractivity contribution in [1.82, 2.24) is 14.6 Å². The van der Waals surface area contributed by atoms with Gasteiger partial charge in [0.1, 0.15) is 23.1 Å². The highest BCUT2D eigenvalue weighted by Gasteiger charge is 2.63. The lowest BCUT2D eigenvalue weighted by atomic mass is 9.79. The number of allylic oxidation sites excluding steroid dienone is 2. The smallest absolute Gasteiger partial charge is 0.307 e. The average Bonchev–Trinajstić information content (AvgIpc) is 4.05. The molecule has 1 aromatic carbocycles. The van der Waals surface area contributed by atoms with E-state index in [-0.39, 0.29) is 68.7 Å². The number of ketones is 1. The Balaban J connectivity index is 1.37. The molecule has 3 heterocycles. The van der Waals surface area contributed by atoms with Gasteiger partial charge in [0.25, 0.3) is 0 Å². The third-order valence-electron chi connectivity index (χ3n) is 12.1. The molecule has 4 aliphatic rings. The number of benzene rings is 1. The first-order valence-corrected chi connectivity index (χ1v) is 21.4. The fourth-order valence-corrected chi connectivity index (χ4v) is 10.0. The summed E-state index contributed by atoms with van der Waals surface area (Å²) in [6, 6.07) is 8.23. The van der Waals surface area contributed by atoms with Crippen molar-refractivity contribution in [2.24, 2.45) is 29.1 Å². The lowest BCUT2D eigenvalue weighted by molar-refractivity contribution is -0.160. The maximum atomic E-state index is 15.0. The number of Topliss-reactive ketones (excluding diaryl/α,β-unsaturated/α-hetero) is 1. The fourth-order valence-electron chi connectivity index (χ4n) is 8.55. The molecule has 2 aromatic rings. The van der Waals surface area contributed by atoms with E-state index >= 15 is 4.79 Å². The zero-order valence-electron chi connectivity index (χ0n) is 33.3. The molecule has 7 atom stereocenters. The van der Waals surface area contributed by atoms with Crippen molar-refractivity contribution in [3.8, 4) is 11.8 Å². The van der Waals surface area contributed by atoms with Crippen molar-refractivity contribution in [3.63, 3.8) is 0 Å². The van der Waals surface area contributed by atoms with Gasteiger partial charge in [-0.25, -0.2) is 12.8 Å². The first-order chi connectivity index (χ1) is 26.4. The standard InChI is InChI=1S/C42H56FN3O9S/c1-7-27-18-26(2)12-8-10-14-29-22-42(29,39(50)45-56(51,52)41(25-43)16-17-41)23-34(47)33-20-30(24-46(33)38(49)32(27)21-36(48)55-40(3,4)5)54-37-31-15-11-9-13-28(31)19-35(44-37)53-6/h9-11,13-15,19,26-27,29-30,32-33H,7-8,12,16-18,20-25H2,1-6H3,(H,45,50)/b14-10-/t26-,27-,29-,30-,32+,33+,42-/m1/s1. The number of pyridine rings is 1. The molecule has 14 heteroatoms. The van der Waals surface area contributed by atoms with Gasteiger partial charge in [-0.1, -0.05) is 50.6 Å². The number of halogens is 1. The van der Waals surface area contributed by atoms with E-state index in [1.807, 2.05) is 43.3 Å². The van der Waals surface area contributed by atoms with Crippen molar-refractivity contribution in [1.29, 1.82) is 0 Å². The minimum Gasteiger partial charge on any atom is -0.481 e. The summed E-state index contributed by atoms with van der Waals surface area (Å²) in [5, 5.41) is 1.53. The molecule has 0 radical (unpaired) electrons. The molecule has 12 nitrogen and oxygen atoms in total. The zero-order valence-corrected chi connectivity index (χ0v) is 34.2. The molecule has 1 saturated heterocycles. The number of carbonyl (C=O) groups is 4. The summed E-state index contributed by atoms with van der Waals surface area (Å²) in [5.41, 5.74) is -2.16. The van der Waals surface area contributed by atoms with Crippen LogP contribution in [-0.2, 0) is 33.9 Å². The third-order valence-corrected chi connectivity index (χ3v) is 14.2. The normalized spacial score (nSPS) is 29.9. The first kappa shape index (κ1) is 41.6. The summed E-state index contributed by atoms with van der Waals surface area (Å²) in [6.07, 6.45) is 5.92. The van der Waals surface area contributed by atoms with Gasteiger partial charge in [0.15, 0.2) is 5.78 Å². The van der Waals surface area contributed by atoms with Crippen molar-refractivity contribution in [2.45, 2.75) is 121 Å². The van der Waals surface area contributed by atoms with Crippen molar-refractivity contribution in [3.05, 3.63) is 42.5 Å². The number of rotatable bonds is 10. The van der Waals surface area contributed by atoms with Crippen LogP contribution in [0.4, 0.5) is 4.39 Å². The Kier molecular flexibility index (Phi) is 11.9. The number of ether oxygens (including phenoxy) is 3. The molecule has 306 valence electrons. The van der Waals surface area contributed by atoms with Gasteiger partial charge in [-0.15, -0.1) is 0 Å². The SMILES string of the molecule is CC[C@@H]1C[C@H](C)CC/C=C\[C@@H]2C[C@@]2(C(=O)NS(=O)(=O)C2(CF)CC2)CC(=O)[C@@H]2C[C@@H](Oc3nc(OC)cc4ccccc34)CN2C(=O)[C@H]1CC(=O)OC(C)(C)C. The van der Waals surface area contributed by atoms with E-state index in [1.54, 1.807) is 26.8 Å². The van der Waals surface area contributed by atoms with E-state index in [0.717, 1.165) is 11.8 Å². The summed E-state index contributed by atoms with van der Waals surface area (Å²) >= 11 is 0. The number of amides is 2. The summed E-state index contributed by atoms with van der Waals surface area (Å²) < 4.78 is 58.6. The number of aromatic nitrogens is 1. The molecular formula is C42H56FN3O9S. The number of hydrogen-bond donors (Lipinski definition) is 1. The lowest BCUT2D eigenvalue weighted by Gasteiger charge is -2.33. The van der Waals surface area contributed by atoms with Crippen LogP contribution < -0.4 is 14.2 Å². The van der Waals surface area contributed by atoms with E-state index in [4.69, 9.17) is 14.2 Å². The molecule has 2 aliphatic heterocycles. The first-order valence-electron chi connectivity index (χ1n) is 19.9. The van der Waals surface area contributed by atoms with Gasteiger partial charge in [-0.3, -0.25) is 23.9 Å². The number of hydrogen-bond acceptors (Lipinski definition) is 10. The fraction of sp³-hybridized carbons (Fsp3) is 0.643. The Hall–Kier alpha value is -4.07. The molecule has 0 spiro atoms. The van der Waals surface area contributed by atoms with Crippen LogP contribution in [-0.4, -0.2) is 84.7 Å². The number of methoxy groups -OCH3 is 1. The second-order valence-corrected chi connectivity index (χ2v) is 19.5. The van der Waals surface area contributed by atoms with Crippen molar-refractivity contribution < 1.29 is 46.2 Å². The molecule has 0 bridgehead atoms. The number of esters is 1. The van der Waals surface area contributed by atoms with E-state index in [2.05, 4.69) is 16.6 Å². The molecule has 56 heavy (non-hydrogen) atoms. The topological polar surface area (TPSA) is 158 Å². The van der Waals surface area contributed by atoms with E-state index < -0.39 is 74.1 Å². The molecule has 1 aromatic heterocycles. The van der Waals surface area contributed by atoms with Crippen molar-refractivity contribution in [2.75, 3.05) is 20.3 Å². The van der Waals surface area contributed by atoms with Crippen LogP contribution in [0.15, 0.2) is 42.5 Å². The maximum Gasteiger partial charge on any atom is 0.307 e. The quantitative estimate of drug-likeness (QED) is 0.215. The molecule has 1 N–H and O–H groups in total. The van der Waals surface area contributed by atoms with Crippen LogP contribution in [0.1, 0.15) is 98.8 Å². The second kappa shape index (κ2) is 16.1. The molecule has 0 unspecified atom stereocenters. The van der Waals surface area contributed by atoms with Gasteiger partial charge >= 0.3 is 5.97 Å². The summed E-state index contributed by atoms with van der Waals surface area (Å²) in [7, 11) is -2.84. The highest BCUT2D eigenvalue weighted by molar-refractivity contribution is 7.91. The molecule has 2 amide bonds. The van der Waals surface area contributed by atoms with Crippen LogP contribution in [0.25, 0.3) is 10.8 Å². The molecule has 2 aliphatic carbocycles. The Morgan fingerprint density at radius 1 is 1.12 bits per heavy atom. The molecular weight excluding hydrogens is 742 g/mol. The predicted molar refractivity (Wildman–Crippen MR) is 208 cm³/mol. The zero-order chi connectivity index (χ0) is 40.6. The van der Waals surface area contributed by atoms with E-state index in [9.17, 15) is 27.2 Å². The van der Waals surface area contributed by atoms with E-state index in [1.165, 1.54) is 12.0 Å².